The lowest BCUT2D eigenvalue weighted by molar-refractivity contribution is 0.0635. The fourth-order valence-electron chi connectivity index (χ4n) is 1.14. The Kier molecular flexibility index (Phi) is 10.3. The van der Waals surface area contributed by atoms with Crippen LogP contribution in [-0.2, 0) is 9.47 Å². The van der Waals surface area contributed by atoms with Crippen molar-refractivity contribution in [3.63, 3.8) is 0 Å². The third-order valence-corrected chi connectivity index (χ3v) is 1.83. The number of rotatable bonds is 10. The molecule has 0 heterocycles. The summed E-state index contributed by atoms with van der Waals surface area (Å²) >= 11 is 0. The largest absolute Gasteiger partial charge is 0.389 e. The minimum Gasteiger partial charge on any atom is -0.389 e. The summed E-state index contributed by atoms with van der Waals surface area (Å²) in [5.41, 5.74) is 0. The number of hydrogen-bond acceptors (Lipinski definition) is 4. The summed E-state index contributed by atoms with van der Waals surface area (Å²) in [5, 5.41) is 12.5. The Morgan fingerprint density at radius 1 is 1.27 bits per heavy atom. The highest BCUT2D eigenvalue weighted by molar-refractivity contribution is 4.57. The van der Waals surface area contributed by atoms with Crippen LogP contribution in [0.15, 0.2) is 0 Å². The first-order valence-electron chi connectivity index (χ1n) is 5.62. The topological polar surface area (TPSA) is 50.7 Å². The highest BCUT2D eigenvalue weighted by Gasteiger charge is 2.01. The van der Waals surface area contributed by atoms with Crippen LogP contribution < -0.4 is 5.32 Å². The Morgan fingerprint density at radius 3 is 2.60 bits per heavy atom. The van der Waals surface area contributed by atoms with Gasteiger partial charge in [-0.05, 0) is 18.9 Å². The second-order valence-corrected chi connectivity index (χ2v) is 4.14. The predicted octanol–water partition coefficient (Wildman–Crippen LogP) is 0.646. The molecule has 0 bridgehead atoms. The van der Waals surface area contributed by atoms with Crippen molar-refractivity contribution in [2.75, 3.05) is 40.0 Å². The van der Waals surface area contributed by atoms with E-state index in [9.17, 15) is 5.11 Å². The van der Waals surface area contributed by atoms with Gasteiger partial charge >= 0.3 is 0 Å². The molecule has 0 aliphatic heterocycles. The van der Waals surface area contributed by atoms with E-state index in [1.54, 1.807) is 7.11 Å². The summed E-state index contributed by atoms with van der Waals surface area (Å²) in [4.78, 5) is 0. The number of hydrogen-bond donors (Lipinski definition) is 2. The summed E-state index contributed by atoms with van der Waals surface area (Å²) in [6, 6.07) is 0. The van der Waals surface area contributed by atoms with Gasteiger partial charge in [-0.3, -0.25) is 0 Å². The van der Waals surface area contributed by atoms with Crippen molar-refractivity contribution in [2.45, 2.75) is 26.4 Å². The number of aliphatic hydroxyl groups is 1. The SMILES string of the molecule is COCC(O)CNCCCOCC(C)C. The molecule has 0 saturated carbocycles. The first-order valence-corrected chi connectivity index (χ1v) is 5.62. The van der Waals surface area contributed by atoms with Gasteiger partial charge in [-0.2, -0.15) is 0 Å². The van der Waals surface area contributed by atoms with Crippen molar-refractivity contribution < 1.29 is 14.6 Å². The molecule has 2 N–H and O–H groups in total. The standard InChI is InChI=1S/C11H25NO3/c1-10(2)8-15-6-4-5-12-7-11(13)9-14-3/h10-13H,4-9H2,1-3H3. The van der Waals surface area contributed by atoms with Crippen molar-refractivity contribution in [3.05, 3.63) is 0 Å². The van der Waals surface area contributed by atoms with E-state index in [1.165, 1.54) is 0 Å². The maximum Gasteiger partial charge on any atom is 0.0897 e. The molecule has 0 aromatic heterocycles. The molecular weight excluding hydrogens is 194 g/mol. The van der Waals surface area contributed by atoms with Gasteiger partial charge in [-0.25, -0.2) is 0 Å². The van der Waals surface area contributed by atoms with Crippen molar-refractivity contribution in [1.29, 1.82) is 0 Å². The van der Waals surface area contributed by atoms with E-state index in [2.05, 4.69) is 19.2 Å². The predicted molar refractivity (Wildman–Crippen MR) is 61.0 cm³/mol. The molecule has 0 aliphatic rings. The molecule has 0 fully saturated rings. The molecule has 0 rings (SSSR count). The Bertz CT molecular complexity index is 131. The van der Waals surface area contributed by atoms with Gasteiger partial charge in [0.2, 0.25) is 0 Å². The van der Waals surface area contributed by atoms with Crippen LogP contribution >= 0.6 is 0 Å². The van der Waals surface area contributed by atoms with E-state index in [0.717, 1.165) is 26.2 Å². The highest BCUT2D eigenvalue weighted by atomic mass is 16.5. The van der Waals surface area contributed by atoms with Gasteiger partial charge in [0, 0.05) is 26.9 Å². The van der Waals surface area contributed by atoms with Gasteiger partial charge in [0.05, 0.1) is 12.7 Å². The molecule has 92 valence electrons. The molecular formula is C11H25NO3. The molecule has 15 heavy (non-hydrogen) atoms. The second-order valence-electron chi connectivity index (χ2n) is 4.14. The molecule has 0 radical (unpaired) electrons. The summed E-state index contributed by atoms with van der Waals surface area (Å²) in [6.45, 7) is 7.73. The first-order chi connectivity index (χ1) is 7.16. The molecule has 4 nitrogen and oxygen atoms in total. The number of methoxy groups -OCH3 is 1. The van der Waals surface area contributed by atoms with E-state index in [4.69, 9.17) is 9.47 Å². The minimum atomic E-state index is -0.411. The van der Waals surface area contributed by atoms with Gasteiger partial charge in [0.15, 0.2) is 0 Å². The van der Waals surface area contributed by atoms with Gasteiger partial charge in [0.25, 0.3) is 0 Å². The van der Waals surface area contributed by atoms with Crippen LogP contribution in [0, 0.1) is 5.92 Å². The van der Waals surface area contributed by atoms with E-state index in [-0.39, 0.29) is 0 Å². The molecule has 0 saturated heterocycles. The van der Waals surface area contributed by atoms with E-state index < -0.39 is 6.10 Å². The highest BCUT2D eigenvalue weighted by Crippen LogP contribution is 1.92. The zero-order chi connectivity index (χ0) is 11.5. The molecule has 0 aliphatic carbocycles. The van der Waals surface area contributed by atoms with Gasteiger partial charge < -0.3 is 19.9 Å². The Labute approximate surface area is 93.0 Å². The third-order valence-electron chi connectivity index (χ3n) is 1.83. The summed E-state index contributed by atoms with van der Waals surface area (Å²) in [7, 11) is 1.59. The van der Waals surface area contributed by atoms with Crippen molar-refractivity contribution in [3.8, 4) is 0 Å². The maximum atomic E-state index is 9.31. The lowest BCUT2D eigenvalue weighted by Gasteiger charge is -2.11. The van der Waals surface area contributed by atoms with Crippen LogP contribution in [0.4, 0.5) is 0 Å². The summed E-state index contributed by atoms with van der Waals surface area (Å²) in [6.07, 6.45) is 0.568. The zero-order valence-corrected chi connectivity index (χ0v) is 10.2. The first kappa shape index (κ1) is 14.8. The van der Waals surface area contributed by atoms with Crippen molar-refractivity contribution >= 4 is 0 Å². The van der Waals surface area contributed by atoms with Crippen LogP contribution in [0.1, 0.15) is 20.3 Å². The molecule has 0 amide bonds. The third kappa shape index (κ3) is 11.8. The average Bonchev–Trinajstić information content (AvgIpc) is 2.16. The second kappa shape index (κ2) is 10.4. The van der Waals surface area contributed by atoms with Gasteiger partial charge in [-0.1, -0.05) is 13.8 Å². The van der Waals surface area contributed by atoms with E-state index >= 15 is 0 Å². The molecule has 0 aromatic carbocycles. The Balaban J connectivity index is 3.04. The zero-order valence-electron chi connectivity index (χ0n) is 10.2. The van der Waals surface area contributed by atoms with Crippen LogP contribution in [0.3, 0.4) is 0 Å². The van der Waals surface area contributed by atoms with Crippen LogP contribution in [0.5, 0.6) is 0 Å². The summed E-state index contributed by atoms with van der Waals surface area (Å²) < 4.78 is 10.2. The number of ether oxygens (including phenoxy) is 2. The summed E-state index contributed by atoms with van der Waals surface area (Å²) in [5.74, 6) is 0.599. The maximum absolute atomic E-state index is 9.31. The minimum absolute atomic E-state index is 0.386. The molecule has 1 atom stereocenters. The van der Waals surface area contributed by atoms with Crippen molar-refractivity contribution in [1.82, 2.24) is 5.32 Å². The molecule has 1 unspecified atom stereocenters. The van der Waals surface area contributed by atoms with E-state index in [1.807, 2.05) is 0 Å². The fraction of sp³-hybridized carbons (Fsp3) is 1.00. The van der Waals surface area contributed by atoms with Crippen LogP contribution in [0.2, 0.25) is 0 Å². The van der Waals surface area contributed by atoms with Crippen LogP contribution in [-0.4, -0.2) is 51.2 Å². The smallest absolute Gasteiger partial charge is 0.0897 e. The molecule has 4 heteroatoms. The quantitative estimate of drug-likeness (QED) is 0.530. The van der Waals surface area contributed by atoms with E-state index in [0.29, 0.717) is 19.1 Å². The van der Waals surface area contributed by atoms with Crippen LogP contribution in [0.25, 0.3) is 0 Å². The Hall–Kier alpha value is -0.160. The lowest BCUT2D eigenvalue weighted by atomic mass is 10.2. The fourth-order valence-corrected chi connectivity index (χ4v) is 1.14. The van der Waals surface area contributed by atoms with Gasteiger partial charge in [0.1, 0.15) is 0 Å². The normalized spacial score (nSPS) is 13.4. The number of aliphatic hydroxyl groups excluding tert-OH is 1. The Morgan fingerprint density at radius 2 is 2.00 bits per heavy atom. The molecule has 0 spiro atoms. The van der Waals surface area contributed by atoms with Gasteiger partial charge in [-0.15, -0.1) is 0 Å². The molecule has 0 aromatic rings. The average molecular weight is 219 g/mol. The lowest BCUT2D eigenvalue weighted by Crippen LogP contribution is -2.31. The monoisotopic (exact) mass is 219 g/mol. The number of nitrogens with one attached hydrogen (secondary N) is 1. The van der Waals surface area contributed by atoms with Crippen molar-refractivity contribution in [2.24, 2.45) is 5.92 Å².